The van der Waals surface area contributed by atoms with Crippen LogP contribution in [-0.4, -0.2) is 91.6 Å². The van der Waals surface area contributed by atoms with Crippen LogP contribution in [0.5, 0.6) is 0 Å². The number of amides is 1. The van der Waals surface area contributed by atoms with E-state index < -0.39 is 5.60 Å². The van der Waals surface area contributed by atoms with Crippen molar-refractivity contribution in [2.24, 2.45) is 0 Å². The van der Waals surface area contributed by atoms with E-state index >= 15 is 0 Å². The molecule has 1 unspecified atom stereocenters. The van der Waals surface area contributed by atoms with Crippen molar-refractivity contribution in [1.82, 2.24) is 15.0 Å². The van der Waals surface area contributed by atoms with Crippen LogP contribution < -0.4 is 4.90 Å². The molecular weight excluding hydrogens is 384 g/mol. The second-order valence-corrected chi connectivity index (χ2v) is 8.47. The summed E-state index contributed by atoms with van der Waals surface area (Å²) < 4.78 is 11.2. The lowest BCUT2D eigenvalue weighted by Crippen LogP contribution is -2.54. The predicted molar refractivity (Wildman–Crippen MR) is 114 cm³/mol. The highest BCUT2D eigenvalue weighted by molar-refractivity contribution is 6.04. The summed E-state index contributed by atoms with van der Waals surface area (Å²) in [6.45, 7) is 3.92. The molecule has 2 aliphatic heterocycles. The van der Waals surface area contributed by atoms with Crippen LogP contribution in [0.25, 0.3) is 11.3 Å². The quantitative estimate of drug-likeness (QED) is 0.798. The number of benzene rings is 1. The van der Waals surface area contributed by atoms with E-state index in [0.717, 1.165) is 12.0 Å². The van der Waals surface area contributed by atoms with E-state index in [0.29, 0.717) is 69.5 Å². The normalized spacial score (nSPS) is 22.5. The number of aliphatic hydroxyl groups is 1. The fraction of sp³-hybridized carbons (Fsp3) is 0.545. The van der Waals surface area contributed by atoms with Crippen molar-refractivity contribution < 1.29 is 19.2 Å². The van der Waals surface area contributed by atoms with E-state index in [1.54, 1.807) is 4.90 Å². The van der Waals surface area contributed by atoms with Gasteiger partial charge >= 0.3 is 0 Å². The van der Waals surface area contributed by atoms with Crippen molar-refractivity contribution in [2.75, 3.05) is 64.9 Å². The molecule has 0 radical (unpaired) electrons. The van der Waals surface area contributed by atoms with Crippen molar-refractivity contribution in [3.8, 4) is 11.3 Å². The van der Waals surface area contributed by atoms with Crippen molar-refractivity contribution in [3.63, 3.8) is 0 Å². The molecule has 1 aromatic heterocycles. The lowest BCUT2D eigenvalue weighted by atomic mass is 9.91. The maximum atomic E-state index is 13.7. The SMILES string of the molecule is CN(C)CC1(O)CCCN(C(=O)c2c(N3CCOCC3)noc2-c2ccccc2)C1. The molecule has 3 heterocycles. The molecule has 0 aliphatic carbocycles. The number of carbonyl (C=O) groups is 1. The number of likely N-dealkylation sites (N-methyl/N-ethyl adjacent to an activating group) is 1. The van der Waals surface area contributed by atoms with Crippen molar-refractivity contribution in [2.45, 2.75) is 18.4 Å². The number of likely N-dealkylation sites (tertiary alicyclic amines) is 1. The molecule has 2 aliphatic rings. The average molecular weight is 415 g/mol. The van der Waals surface area contributed by atoms with E-state index in [1.165, 1.54) is 0 Å². The summed E-state index contributed by atoms with van der Waals surface area (Å²) in [5, 5.41) is 15.4. The molecule has 1 amide bonds. The van der Waals surface area contributed by atoms with E-state index in [4.69, 9.17) is 9.26 Å². The number of hydrogen-bond acceptors (Lipinski definition) is 7. The van der Waals surface area contributed by atoms with Crippen LogP contribution in [0.3, 0.4) is 0 Å². The van der Waals surface area contributed by atoms with Gasteiger partial charge in [0, 0.05) is 31.7 Å². The van der Waals surface area contributed by atoms with Gasteiger partial charge in [-0.2, -0.15) is 0 Å². The van der Waals surface area contributed by atoms with Gasteiger partial charge in [0.1, 0.15) is 5.56 Å². The monoisotopic (exact) mass is 414 g/mol. The first-order valence-corrected chi connectivity index (χ1v) is 10.5. The molecule has 0 saturated carbocycles. The lowest BCUT2D eigenvalue weighted by Gasteiger charge is -2.40. The third-order valence-electron chi connectivity index (χ3n) is 5.69. The standard InChI is InChI=1S/C22H30N4O4/c1-24(2)15-22(28)9-6-10-26(16-22)21(27)18-19(17-7-4-3-5-8-17)30-23-20(18)25-11-13-29-14-12-25/h3-5,7-8,28H,6,9-16H2,1-2H3. The fourth-order valence-corrected chi connectivity index (χ4v) is 4.41. The first kappa shape index (κ1) is 20.8. The van der Waals surface area contributed by atoms with Crippen LogP contribution >= 0.6 is 0 Å². The maximum Gasteiger partial charge on any atom is 0.261 e. The maximum absolute atomic E-state index is 13.7. The minimum absolute atomic E-state index is 0.145. The zero-order valence-corrected chi connectivity index (χ0v) is 17.7. The Labute approximate surface area is 177 Å². The minimum Gasteiger partial charge on any atom is -0.387 e. The number of ether oxygens (including phenoxy) is 1. The molecule has 1 aromatic carbocycles. The van der Waals surface area contributed by atoms with Gasteiger partial charge < -0.3 is 29.1 Å². The molecule has 1 atom stereocenters. The van der Waals surface area contributed by atoms with E-state index in [9.17, 15) is 9.90 Å². The lowest BCUT2D eigenvalue weighted by molar-refractivity contribution is -0.0391. The van der Waals surface area contributed by atoms with Gasteiger partial charge in [-0.3, -0.25) is 4.79 Å². The number of β-amino-alcohol motifs (C(OH)–C–C–N with tert-alkyl or cyclic N) is 1. The van der Waals surface area contributed by atoms with Crippen LogP contribution in [0.2, 0.25) is 0 Å². The summed E-state index contributed by atoms with van der Waals surface area (Å²) in [5.41, 5.74) is 0.367. The summed E-state index contributed by atoms with van der Waals surface area (Å²) in [6, 6.07) is 9.59. The second kappa shape index (κ2) is 8.75. The summed E-state index contributed by atoms with van der Waals surface area (Å²) in [6.07, 6.45) is 1.44. The van der Waals surface area contributed by atoms with Crippen LogP contribution in [0, 0.1) is 0 Å². The highest BCUT2D eigenvalue weighted by Crippen LogP contribution is 2.34. The molecule has 0 bridgehead atoms. The van der Waals surface area contributed by atoms with Crippen molar-refractivity contribution >= 4 is 11.7 Å². The van der Waals surface area contributed by atoms with Gasteiger partial charge in [-0.15, -0.1) is 0 Å². The summed E-state index contributed by atoms with van der Waals surface area (Å²) in [4.78, 5) is 19.5. The van der Waals surface area contributed by atoms with Gasteiger partial charge in [0.15, 0.2) is 11.6 Å². The van der Waals surface area contributed by atoms with Crippen LogP contribution in [0.1, 0.15) is 23.2 Å². The molecule has 8 heteroatoms. The topological polar surface area (TPSA) is 82.3 Å². The van der Waals surface area contributed by atoms with Gasteiger partial charge in [-0.05, 0) is 26.9 Å². The van der Waals surface area contributed by atoms with Crippen LogP contribution in [0.4, 0.5) is 5.82 Å². The number of rotatable bonds is 5. The van der Waals surface area contributed by atoms with Gasteiger partial charge in [0.2, 0.25) is 0 Å². The second-order valence-electron chi connectivity index (χ2n) is 8.47. The highest BCUT2D eigenvalue weighted by atomic mass is 16.5. The Kier molecular flexibility index (Phi) is 6.08. The van der Waals surface area contributed by atoms with Crippen LogP contribution in [-0.2, 0) is 4.74 Å². The molecule has 2 aromatic rings. The Balaban J connectivity index is 1.68. The highest BCUT2D eigenvalue weighted by Gasteiger charge is 2.39. The zero-order valence-electron chi connectivity index (χ0n) is 17.7. The number of aromatic nitrogens is 1. The number of piperidine rings is 1. The third-order valence-corrected chi connectivity index (χ3v) is 5.69. The summed E-state index contributed by atoms with van der Waals surface area (Å²) in [7, 11) is 3.87. The Morgan fingerprint density at radius 3 is 2.63 bits per heavy atom. The van der Waals surface area contributed by atoms with Crippen molar-refractivity contribution in [3.05, 3.63) is 35.9 Å². The Morgan fingerprint density at radius 1 is 1.20 bits per heavy atom. The van der Waals surface area contributed by atoms with Gasteiger partial charge in [-0.1, -0.05) is 35.5 Å². The molecule has 8 nitrogen and oxygen atoms in total. The Morgan fingerprint density at radius 2 is 1.93 bits per heavy atom. The molecular formula is C22H30N4O4. The van der Waals surface area contributed by atoms with E-state index in [1.807, 2.05) is 54.2 Å². The molecule has 4 rings (SSSR count). The molecule has 0 spiro atoms. The minimum atomic E-state index is -0.916. The fourth-order valence-electron chi connectivity index (χ4n) is 4.41. The molecule has 1 N–H and O–H groups in total. The van der Waals surface area contributed by atoms with Gasteiger partial charge in [-0.25, -0.2) is 0 Å². The number of nitrogens with zero attached hydrogens (tertiary/aromatic N) is 4. The predicted octanol–water partition coefficient (Wildman–Crippen LogP) is 1.71. The first-order valence-electron chi connectivity index (χ1n) is 10.5. The number of carbonyl (C=O) groups excluding carboxylic acids is 1. The number of hydrogen-bond donors (Lipinski definition) is 1. The Bertz CT molecular complexity index is 863. The Hall–Kier alpha value is -2.42. The summed E-state index contributed by atoms with van der Waals surface area (Å²) >= 11 is 0. The smallest absolute Gasteiger partial charge is 0.261 e. The summed E-state index contributed by atoms with van der Waals surface area (Å²) in [5.74, 6) is 0.890. The number of anilines is 1. The molecule has 162 valence electrons. The first-order chi connectivity index (χ1) is 14.5. The zero-order chi connectivity index (χ0) is 21.1. The molecule has 2 fully saturated rings. The average Bonchev–Trinajstić information content (AvgIpc) is 3.18. The molecule has 30 heavy (non-hydrogen) atoms. The van der Waals surface area contributed by atoms with Gasteiger partial charge in [0.25, 0.3) is 5.91 Å². The third kappa shape index (κ3) is 4.35. The van der Waals surface area contributed by atoms with Crippen LogP contribution in [0.15, 0.2) is 34.9 Å². The van der Waals surface area contributed by atoms with Crippen molar-refractivity contribution in [1.29, 1.82) is 0 Å². The molecule has 2 saturated heterocycles. The van der Waals surface area contributed by atoms with Gasteiger partial charge in [0.05, 0.1) is 25.4 Å². The van der Waals surface area contributed by atoms with E-state index in [-0.39, 0.29) is 5.91 Å². The largest absolute Gasteiger partial charge is 0.387 e. The van der Waals surface area contributed by atoms with E-state index in [2.05, 4.69) is 5.16 Å². The number of morpholine rings is 1.